The van der Waals surface area contributed by atoms with Gasteiger partial charge in [0.1, 0.15) is 5.75 Å². The van der Waals surface area contributed by atoms with Crippen LogP contribution in [0.5, 0.6) is 23.0 Å². The van der Waals surface area contributed by atoms with Gasteiger partial charge in [-0.2, -0.15) is 0 Å². The summed E-state index contributed by atoms with van der Waals surface area (Å²) in [6.45, 7) is 0. The van der Waals surface area contributed by atoms with Crippen LogP contribution in [0.3, 0.4) is 0 Å². The van der Waals surface area contributed by atoms with Gasteiger partial charge < -0.3 is 19.7 Å². The lowest BCUT2D eigenvalue weighted by molar-refractivity contribution is 0.0757. The Hall–Kier alpha value is -2.15. The number of fused-ring (bicyclic) bond motifs is 1. The molecule has 1 aromatic heterocycles. The number of halogens is 1. The first-order valence-corrected chi connectivity index (χ1v) is 6.19. The molecule has 2 aromatic rings. The summed E-state index contributed by atoms with van der Waals surface area (Å²) in [6, 6.07) is 6.16. The van der Waals surface area contributed by atoms with Gasteiger partial charge in [0.15, 0.2) is 23.1 Å². The van der Waals surface area contributed by atoms with E-state index in [2.05, 4.69) is 26.2 Å². The van der Waals surface area contributed by atoms with E-state index in [4.69, 9.17) is 9.47 Å². The number of hydrogen-bond donors (Lipinski definition) is 3. The quantitative estimate of drug-likeness (QED) is 0.786. The molecule has 0 bridgehead atoms. The molecule has 0 radical (unpaired) electrons. The van der Waals surface area contributed by atoms with E-state index in [9.17, 15) is 10.2 Å². The SMILES string of the molecule is Oc1cc2c(cc1Br)OC(Nc1ncccc1O)O2. The van der Waals surface area contributed by atoms with Crippen molar-refractivity contribution in [3.05, 3.63) is 34.9 Å². The summed E-state index contributed by atoms with van der Waals surface area (Å²) < 4.78 is 11.4. The average Bonchev–Trinajstić information content (AvgIpc) is 2.74. The number of benzene rings is 1. The molecule has 6 nitrogen and oxygen atoms in total. The molecular weight excluding hydrogens is 316 g/mol. The molecule has 1 aromatic carbocycles. The molecular formula is C12H9BrN2O4. The average molecular weight is 325 g/mol. The molecule has 1 unspecified atom stereocenters. The highest BCUT2D eigenvalue weighted by atomic mass is 79.9. The van der Waals surface area contributed by atoms with Crippen molar-refractivity contribution in [2.75, 3.05) is 5.32 Å². The van der Waals surface area contributed by atoms with Crippen LogP contribution in [0.25, 0.3) is 0 Å². The number of hydrogen-bond acceptors (Lipinski definition) is 6. The van der Waals surface area contributed by atoms with E-state index >= 15 is 0 Å². The van der Waals surface area contributed by atoms with Crippen LogP contribution in [0.1, 0.15) is 0 Å². The first-order chi connectivity index (χ1) is 9.13. The van der Waals surface area contributed by atoms with Crippen molar-refractivity contribution in [1.82, 2.24) is 4.98 Å². The highest BCUT2D eigenvalue weighted by Gasteiger charge is 2.26. The highest BCUT2D eigenvalue weighted by Crippen LogP contribution is 2.41. The molecule has 0 saturated carbocycles. The van der Waals surface area contributed by atoms with Crippen LogP contribution in [-0.2, 0) is 0 Å². The molecule has 0 saturated heterocycles. The van der Waals surface area contributed by atoms with Crippen LogP contribution in [0.2, 0.25) is 0 Å². The largest absolute Gasteiger partial charge is 0.507 e. The third-order valence-corrected chi connectivity index (χ3v) is 3.16. The minimum atomic E-state index is -0.815. The van der Waals surface area contributed by atoms with E-state index in [1.54, 1.807) is 12.1 Å². The van der Waals surface area contributed by atoms with E-state index in [1.807, 2.05) is 0 Å². The predicted octanol–water partition coefficient (Wildman–Crippen LogP) is 2.42. The monoisotopic (exact) mass is 324 g/mol. The second-order valence-electron chi connectivity index (χ2n) is 3.83. The summed E-state index contributed by atoms with van der Waals surface area (Å²) in [5.74, 6) is 1.20. The van der Waals surface area contributed by atoms with Gasteiger partial charge in [0.05, 0.1) is 4.47 Å². The Bertz CT molecular complexity index is 604. The van der Waals surface area contributed by atoms with Crippen molar-refractivity contribution in [1.29, 1.82) is 0 Å². The van der Waals surface area contributed by atoms with Crippen LogP contribution in [-0.4, -0.2) is 21.6 Å². The van der Waals surface area contributed by atoms with Gasteiger partial charge in [-0.3, -0.25) is 5.32 Å². The van der Waals surface area contributed by atoms with Gasteiger partial charge in [-0.1, -0.05) is 0 Å². The highest BCUT2D eigenvalue weighted by molar-refractivity contribution is 9.10. The summed E-state index contributed by atoms with van der Waals surface area (Å²) in [4.78, 5) is 3.96. The lowest BCUT2D eigenvalue weighted by Crippen LogP contribution is -2.28. The van der Waals surface area contributed by atoms with E-state index in [0.717, 1.165) is 0 Å². The van der Waals surface area contributed by atoms with Gasteiger partial charge in [-0.15, -0.1) is 0 Å². The normalized spacial score (nSPS) is 16.4. The van der Waals surface area contributed by atoms with Crippen LogP contribution in [0, 0.1) is 0 Å². The predicted molar refractivity (Wildman–Crippen MR) is 70.4 cm³/mol. The van der Waals surface area contributed by atoms with Crippen LogP contribution in [0.4, 0.5) is 5.82 Å². The first-order valence-electron chi connectivity index (χ1n) is 5.40. The molecule has 0 fully saturated rings. The van der Waals surface area contributed by atoms with Crippen molar-refractivity contribution < 1.29 is 19.7 Å². The zero-order valence-electron chi connectivity index (χ0n) is 9.50. The van der Waals surface area contributed by atoms with Crippen molar-refractivity contribution in [2.45, 2.75) is 6.41 Å². The molecule has 3 rings (SSSR count). The zero-order chi connectivity index (χ0) is 13.4. The smallest absolute Gasteiger partial charge is 0.326 e. The van der Waals surface area contributed by atoms with E-state index in [1.165, 1.54) is 18.3 Å². The number of anilines is 1. The molecule has 1 aliphatic rings. The Balaban J connectivity index is 1.79. The number of phenolic OH excluding ortho intramolecular Hbond substituents is 1. The van der Waals surface area contributed by atoms with E-state index in [-0.39, 0.29) is 17.3 Å². The van der Waals surface area contributed by atoms with Crippen molar-refractivity contribution in [2.24, 2.45) is 0 Å². The fraction of sp³-hybridized carbons (Fsp3) is 0.0833. The van der Waals surface area contributed by atoms with Gasteiger partial charge >= 0.3 is 6.41 Å². The maximum atomic E-state index is 9.59. The third-order valence-electron chi connectivity index (χ3n) is 2.52. The summed E-state index contributed by atoms with van der Waals surface area (Å²) in [5, 5.41) is 21.9. The molecule has 2 heterocycles. The van der Waals surface area contributed by atoms with Crippen LogP contribution < -0.4 is 14.8 Å². The Morgan fingerprint density at radius 3 is 2.63 bits per heavy atom. The van der Waals surface area contributed by atoms with Gasteiger partial charge in [0.2, 0.25) is 0 Å². The molecule has 1 aliphatic heterocycles. The number of nitrogens with zero attached hydrogens (tertiary/aromatic N) is 1. The summed E-state index contributed by atoms with van der Waals surface area (Å²) in [5.41, 5.74) is 0. The number of aromatic nitrogens is 1. The molecule has 98 valence electrons. The summed E-state index contributed by atoms with van der Waals surface area (Å²) in [7, 11) is 0. The summed E-state index contributed by atoms with van der Waals surface area (Å²) >= 11 is 3.19. The Morgan fingerprint density at radius 2 is 1.89 bits per heavy atom. The van der Waals surface area contributed by atoms with Crippen molar-refractivity contribution in [3.63, 3.8) is 0 Å². The number of pyridine rings is 1. The molecule has 1 atom stereocenters. The number of rotatable bonds is 2. The fourth-order valence-electron chi connectivity index (χ4n) is 1.64. The standard InChI is InChI=1S/C12H9BrN2O4/c13-6-4-9-10(5-8(6)17)19-12(18-9)15-11-7(16)2-1-3-14-11/h1-5,12,16-17H,(H,14,15). The zero-order valence-corrected chi connectivity index (χ0v) is 11.1. The molecule has 3 N–H and O–H groups in total. The Labute approximate surface area is 116 Å². The van der Waals surface area contributed by atoms with Gasteiger partial charge in [0, 0.05) is 18.3 Å². The minimum absolute atomic E-state index is 0.00492. The Morgan fingerprint density at radius 1 is 1.16 bits per heavy atom. The summed E-state index contributed by atoms with van der Waals surface area (Å²) in [6.07, 6.45) is 0.719. The fourth-order valence-corrected chi connectivity index (χ4v) is 1.96. The Kier molecular flexibility index (Phi) is 2.83. The molecule has 19 heavy (non-hydrogen) atoms. The number of ether oxygens (including phenoxy) is 2. The van der Waals surface area contributed by atoms with Crippen molar-refractivity contribution in [3.8, 4) is 23.0 Å². The van der Waals surface area contributed by atoms with Crippen LogP contribution >= 0.6 is 15.9 Å². The number of phenols is 1. The number of nitrogens with one attached hydrogen (secondary N) is 1. The first kappa shape index (κ1) is 11.9. The van der Waals surface area contributed by atoms with Gasteiger partial charge in [-0.25, -0.2) is 4.98 Å². The van der Waals surface area contributed by atoms with E-state index < -0.39 is 6.41 Å². The maximum absolute atomic E-state index is 9.59. The van der Waals surface area contributed by atoms with E-state index in [0.29, 0.717) is 16.0 Å². The molecule has 0 amide bonds. The van der Waals surface area contributed by atoms with Gasteiger partial charge in [0.25, 0.3) is 0 Å². The topological polar surface area (TPSA) is 83.8 Å². The van der Waals surface area contributed by atoms with Gasteiger partial charge in [-0.05, 0) is 28.1 Å². The minimum Gasteiger partial charge on any atom is -0.507 e. The lowest BCUT2D eigenvalue weighted by atomic mass is 10.3. The second kappa shape index (κ2) is 4.51. The van der Waals surface area contributed by atoms with Crippen molar-refractivity contribution >= 4 is 21.7 Å². The third kappa shape index (κ3) is 2.24. The molecule has 0 spiro atoms. The number of aromatic hydroxyl groups is 2. The lowest BCUT2D eigenvalue weighted by Gasteiger charge is -2.12. The second-order valence-corrected chi connectivity index (χ2v) is 4.69. The molecule has 0 aliphatic carbocycles. The van der Waals surface area contributed by atoms with Crippen LogP contribution in [0.15, 0.2) is 34.9 Å². The molecule has 7 heteroatoms. The maximum Gasteiger partial charge on any atom is 0.326 e.